The molecule has 9 heteroatoms. The zero-order chi connectivity index (χ0) is 25.1. The molecule has 1 aromatic heterocycles. The highest BCUT2D eigenvalue weighted by Gasteiger charge is 2.32. The summed E-state index contributed by atoms with van der Waals surface area (Å²) in [5.41, 5.74) is 2.30. The number of fused-ring (bicyclic) bond motifs is 1. The molecule has 0 fully saturated rings. The van der Waals surface area contributed by atoms with Gasteiger partial charge in [0, 0.05) is 33.1 Å². The van der Waals surface area contributed by atoms with Crippen LogP contribution >= 0.6 is 0 Å². The van der Waals surface area contributed by atoms with E-state index >= 15 is 0 Å². The number of anilines is 1. The van der Waals surface area contributed by atoms with Gasteiger partial charge in [0.05, 0.1) is 16.2 Å². The van der Waals surface area contributed by atoms with Crippen molar-refractivity contribution in [2.24, 2.45) is 0 Å². The average Bonchev–Trinajstić information content (AvgIpc) is 2.90. The molecule has 0 unspecified atom stereocenters. The number of benzene rings is 3. The van der Waals surface area contributed by atoms with Crippen molar-refractivity contribution in [2.75, 3.05) is 18.5 Å². The van der Waals surface area contributed by atoms with E-state index in [0.717, 1.165) is 5.56 Å². The van der Waals surface area contributed by atoms with E-state index in [1.165, 1.54) is 16.4 Å². The van der Waals surface area contributed by atoms with Gasteiger partial charge in [-0.1, -0.05) is 60.7 Å². The number of rotatable bonds is 7. The minimum absolute atomic E-state index is 0.0121. The van der Waals surface area contributed by atoms with Gasteiger partial charge >= 0.3 is 0 Å². The van der Waals surface area contributed by atoms with E-state index in [0.29, 0.717) is 30.2 Å². The quantitative estimate of drug-likeness (QED) is 0.360. The summed E-state index contributed by atoms with van der Waals surface area (Å²) in [6.45, 7) is 0.856. The van der Waals surface area contributed by atoms with Gasteiger partial charge in [0.1, 0.15) is 0 Å². The van der Waals surface area contributed by atoms with Crippen molar-refractivity contribution in [1.82, 2.24) is 14.3 Å². The average molecular weight is 505 g/mol. The van der Waals surface area contributed by atoms with Crippen LogP contribution in [-0.4, -0.2) is 36.3 Å². The van der Waals surface area contributed by atoms with Crippen molar-refractivity contribution in [3.8, 4) is 11.6 Å². The van der Waals surface area contributed by atoms with Crippen LogP contribution in [0.25, 0.3) is 0 Å². The Kier molecular flexibility index (Phi) is 6.67. The van der Waals surface area contributed by atoms with E-state index in [1.807, 2.05) is 42.3 Å². The molecule has 36 heavy (non-hydrogen) atoms. The Hall–Kier alpha value is -3.82. The summed E-state index contributed by atoms with van der Waals surface area (Å²) in [6, 6.07) is 24.2. The Morgan fingerprint density at radius 1 is 0.944 bits per heavy atom. The van der Waals surface area contributed by atoms with Crippen LogP contribution in [0.5, 0.6) is 11.6 Å². The predicted molar refractivity (Wildman–Crippen MR) is 135 cm³/mol. The Morgan fingerprint density at radius 2 is 1.61 bits per heavy atom. The summed E-state index contributed by atoms with van der Waals surface area (Å²) >= 11 is 0. The molecular formula is C27H25FN4O3S. The number of halogens is 1. The van der Waals surface area contributed by atoms with Crippen LogP contribution in [0, 0.1) is 5.82 Å². The zero-order valence-corrected chi connectivity index (χ0v) is 20.5. The first-order valence-electron chi connectivity index (χ1n) is 11.5. The minimum atomic E-state index is -3.73. The van der Waals surface area contributed by atoms with Gasteiger partial charge in [0.2, 0.25) is 21.9 Å². The van der Waals surface area contributed by atoms with Crippen molar-refractivity contribution in [1.29, 1.82) is 0 Å². The maximum atomic E-state index is 14.5. The van der Waals surface area contributed by atoms with Crippen molar-refractivity contribution in [3.05, 3.63) is 108 Å². The third kappa shape index (κ3) is 4.93. The monoisotopic (exact) mass is 504 g/mol. The van der Waals surface area contributed by atoms with Crippen LogP contribution in [0.3, 0.4) is 0 Å². The molecule has 4 aromatic rings. The lowest BCUT2D eigenvalue weighted by Crippen LogP contribution is -2.37. The highest BCUT2D eigenvalue weighted by molar-refractivity contribution is 7.89. The van der Waals surface area contributed by atoms with Gasteiger partial charge in [-0.15, -0.1) is 0 Å². The number of hydrogen-bond donors (Lipinski definition) is 0. The Labute approximate surface area is 209 Å². The predicted octanol–water partition coefficient (Wildman–Crippen LogP) is 4.79. The molecule has 0 N–H and O–H groups in total. The summed E-state index contributed by atoms with van der Waals surface area (Å²) < 4.78 is 48.3. The molecule has 3 aromatic carbocycles. The lowest BCUT2D eigenvalue weighted by atomic mass is 10.1. The largest absolute Gasteiger partial charge is 0.435 e. The van der Waals surface area contributed by atoms with Crippen LogP contribution in [0.2, 0.25) is 0 Å². The summed E-state index contributed by atoms with van der Waals surface area (Å²) in [6.07, 6.45) is 0.379. The van der Waals surface area contributed by atoms with E-state index in [-0.39, 0.29) is 29.6 Å². The number of sulfonamides is 1. The standard InChI is InChI=1S/C27H25FN4O3S/c1-31(18-20-10-4-2-5-11-20)27-29-24-16-17-32(36(33,34)21-12-6-3-7-13-21)19-22(24)26(30-27)35-25-15-9-8-14-23(25)28/h2-15H,16-19H2,1H3. The van der Waals surface area contributed by atoms with Gasteiger partial charge in [0.15, 0.2) is 11.6 Å². The van der Waals surface area contributed by atoms with Crippen molar-refractivity contribution >= 4 is 16.0 Å². The molecule has 1 aliphatic heterocycles. The first kappa shape index (κ1) is 23.9. The molecule has 0 saturated heterocycles. The molecule has 0 amide bonds. The molecule has 0 bridgehead atoms. The molecular weight excluding hydrogens is 479 g/mol. The minimum Gasteiger partial charge on any atom is -0.435 e. The molecule has 5 rings (SSSR count). The first-order valence-corrected chi connectivity index (χ1v) is 13.0. The van der Waals surface area contributed by atoms with E-state index < -0.39 is 15.8 Å². The zero-order valence-electron chi connectivity index (χ0n) is 19.7. The second-order valence-electron chi connectivity index (χ2n) is 8.53. The van der Waals surface area contributed by atoms with Crippen molar-refractivity contribution in [3.63, 3.8) is 0 Å². The highest BCUT2D eigenvalue weighted by Crippen LogP contribution is 2.34. The SMILES string of the molecule is CN(Cc1ccccc1)c1nc2c(c(Oc3ccccc3F)n1)CN(S(=O)(=O)c1ccccc1)CC2. The summed E-state index contributed by atoms with van der Waals surface area (Å²) in [5.74, 6) is 0.0445. The number of aromatic nitrogens is 2. The third-order valence-electron chi connectivity index (χ3n) is 6.00. The molecule has 1 aliphatic rings. The number of para-hydroxylation sites is 1. The van der Waals surface area contributed by atoms with Crippen LogP contribution in [0.4, 0.5) is 10.3 Å². The number of nitrogens with zero attached hydrogens (tertiary/aromatic N) is 4. The normalized spacial score (nSPS) is 13.7. The molecule has 2 heterocycles. The van der Waals surface area contributed by atoms with Crippen molar-refractivity contribution < 1.29 is 17.5 Å². The van der Waals surface area contributed by atoms with Crippen LogP contribution in [0.1, 0.15) is 16.8 Å². The Morgan fingerprint density at radius 3 is 2.33 bits per heavy atom. The Bertz CT molecular complexity index is 1470. The van der Waals surface area contributed by atoms with Gasteiger partial charge in [-0.2, -0.15) is 9.29 Å². The lowest BCUT2D eigenvalue weighted by Gasteiger charge is -2.29. The molecule has 184 valence electrons. The van der Waals surface area contributed by atoms with Crippen LogP contribution < -0.4 is 9.64 Å². The van der Waals surface area contributed by atoms with Gasteiger partial charge in [0.25, 0.3) is 0 Å². The van der Waals surface area contributed by atoms with E-state index in [9.17, 15) is 12.8 Å². The fraction of sp³-hybridized carbons (Fsp3) is 0.185. The first-order chi connectivity index (χ1) is 17.4. The molecule has 0 spiro atoms. The van der Waals surface area contributed by atoms with Gasteiger partial charge < -0.3 is 9.64 Å². The van der Waals surface area contributed by atoms with Gasteiger partial charge in [-0.25, -0.2) is 17.8 Å². The van der Waals surface area contributed by atoms with Gasteiger partial charge in [-0.05, 0) is 29.8 Å². The molecule has 0 saturated carbocycles. The van der Waals surface area contributed by atoms with Gasteiger partial charge in [-0.3, -0.25) is 0 Å². The second-order valence-corrected chi connectivity index (χ2v) is 10.5. The van der Waals surface area contributed by atoms with Crippen LogP contribution in [0.15, 0.2) is 89.8 Å². The second kappa shape index (κ2) is 10.0. The van der Waals surface area contributed by atoms with Crippen molar-refractivity contribution in [2.45, 2.75) is 24.4 Å². The molecule has 0 aliphatic carbocycles. The smallest absolute Gasteiger partial charge is 0.243 e. The van der Waals surface area contributed by atoms with E-state index in [2.05, 4.69) is 4.98 Å². The van der Waals surface area contributed by atoms with E-state index in [1.54, 1.807) is 42.5 Å². The Balaban J connectivity index is 1.52. The number of hydrogen-bond acceptors (Lipinski definition) is 6. The molecule has 7 nitrogen and oxygen atoms in total. The summed E-state index contributed by atoms with van der Waals surface area (Å²) in [5, 5.41) is 0. The topological polar surface area (TPSA) is 75.6 Å². The van der Waals surface area contributed by atoms with E-state index in [4.69, 9.17) is 9.72 Å². The molecule has 0 radical (unpaired) electrons. The maximum Gasteiger partial charge on any atom is 0.243 e. The van der Waals surface area contributed by atoms with Crippen LogP contribution in [-0.2, 0) is 29.5 Å². The maximum absolute atomic E-state index is 14.5. The fourth-order valence-electron chi connectivity index (χ4n) is 4.11. The molecule has 0 atom stereocenters. The highest BCUT2D eigenvalue weighted by atomic mass is 32.2. The number of ether oxygens (including phenoxy) is 1. The third-order valence-corrected chi connectivity index (χ3v) is 7.86. The lowest BCUT2D eigenvalue weighted by molar-refractivity contribution is 0.364. The summed E-state index contributed by atoms with van der Waals surface area (Å²) in [7, 11) is -1.86. The summed E-state index contributed by atoms with van der Waals surface area (Å²) in [4.78, 5) is 11.5. The fourth-order valence-corrected chi connectivity index (χ4v) is 5.54.